The molecule has 5 nitrogen and oxygen atoms in total. The van der Waals surface area contributed by atoms with Crippen LogP contribution in [-0.4, -0.2) is 19.1 Å². The standard InChI is InChI=1S/C15H11F3N2O3/c1-23-15(22)20-12-7-8(5-6-9(12)16)19-14(21)13-10(17)3-2-4-11(13)18/h2-7H,1H3,(H,19,21)(H,20,22). The summed E-state index contributed by atoms with van der Waals surface area (Å²) in [4.78, 5) is 23.0. The van der Waals surface area contributed by atoms with Crippen molar-refractivity contribution in [2.45, 2.75) is 0 Å². The zero-order valence-corrected chi connectivity index (χ0v) is 11.8. The maximum Gasteiger partial charge on any atom is 0.411 e. The van der Waals surface area contributed by atoms with Crippen LogP contribution >= 0.6 is 0 Å². The normalized spacial score (nSPS) is 10.1. The number of amides is 2. The van der Waals surface area contributed by atoms with Crippen LogP contribution in [0.15, 0.2) is 36.4 Å². The van der Waals surface area contributed by atoms with Crippen LogP contribution in [0.4, 0.5) is 29.3 Å². The predicted molar refractivity (Wildman–Crippen MR) is 76.7 cm³/mol. The van der Waals surface area contributed by atoms with Crippen LogP contribution in [0.3, 0.4) is 0 Å². The van der Waals surface area contributed by atoms with Gasteiger partial charge in [0.05, 0.1) is 12.8 Å². The molecule has 0 aliphatic carbocycles. The Morgan fingerprint density at radius 2 is 1.61 bits per heavy atom. The van der Waals surface area contributed by atoms with Crippen molar-refractivity contribution in [2.24, 2.45) is 0 Å². The number of ether oxygens (including phenoxy) is 1. The van der Waals surface area contributed by atoms with Crippen molar-refractivity contribution in [3.05, 3.63) is 59.4 Å². The van der Waals surface area contributed by atoms with Crippen LogP contribution in [0.1, 0.15) is 10.4 Å². The van der Waals surface area contributed by atoms with Gasteiger partial charge in [-0.2, -0.15) is 0 Å². The molecule has 2 aromatic rings. The first-order chi connectivity index (χ1) is 10.9. The summed E-state index contributed by atoms with van der Waals surface area (Å²) in [5, 5.41) is 4.32. The van der Waals surface area contributed by atoms with E-state index in [-0.39, 0.29) is 11.4 Å². The molecule has 8 heteroatoms. The minimum atomic E-state index is -1.05. The molecule has 0 fully saturated rings. The zero-order chi connectivity index (χ0) is 17.0. The third-order valence-corrected chi connectivity index (χ3v) is 2.84. The lowest BCUT2D eigenvalue weighted by molar-refractivity contribution is 0.101. The molecule has 2 N–H and O–H groups in total. The number of carbonyl (C=O) groups excluding carboxylic acids is 2. The van der Waals surface area contributed by atoms with Gasteiger partial charge in [-0.25, -0.2) is 18.0 Å². The van der Waals surface area contributed by atoms with Crippen LogP contribution in [0, 0.1) is 17.5 Å². The summed E-state index contributed by atoms with van der Waals surface area (Å²) in [6, 6.07) is 6.23. The van der Waals surface area contributed by atoms with Gasteiger partial charge in [0, 0.05) is 5.69 Å². The van der Waals surface area contributed by atoms with Crippen molar-refractivity contribution in [2.75, 3.05) is 17.7 Å². The van der Waals surface area contributed by atoms with E-state index < -0.39 is 35.0 Å². The van der Waals surface area contributed by atoms with E-state index in [1.54, 1.807) is 0 Å². The van der Waals surface area contributed by atoms with E-state index in [4.69, 9.17) is 0 Å². The Bertz CT molecular complexity index is 745. The Hall–Kier alpha value is -3.03. The van der Waals surface area contributed by atoms with Crippen LogP contribution in [-0.2, 0) is 4.74 Å². The molecule has 0 unspecified atom stereocenters. The molecule has 0 saturated carbocycles. The van der Waals surface area contributed by atoms with Crippen molar-refractivity contribution in [1.29, 1.82) is 0 Å². The van der Waals surface area contributed by atoms with E-state index >= 15 is 0 Å². The first-order valence-electron chi connectivity index (χ1n) is 6.32. The highest BCUT2D eigenvalue weighted by atomic mass is 19.1. The number of benzene rings is 2. The van der Waals surface area contributed by atoms with Crippen molar-refractivity contribution in [3.8, 4) is 0 Å². The second-order valence-corrected chi connectivity index (χ2v) is 4.36. The Balaban J connectivity index is 2.25. The number of anilines is 2. The fraction of sp³-hybridized carbons (Fsp3) is 0.0667. The number of carbonyl (C=O) groups is 2. The fourth-order valence-corrected chi connectivity index (χ4v) is 1.77. The van der Waals surface area contributed by atoms with Gasteiger partial charge in [0.1, 0.15) is 23.0 Å². The molecule has 0 spiro atoms. The van der Waals surface area contributed by atoms with Crippen LogP contribution < -0.4 is 10.6 Å². The van der Waals surface area contributed by atoms with Crippen molar-refractivity contribution in [1.82, 2.24) is 0 Å². The quantitative estimate of drug-likeness (QED) is 0.907. The lowest BCUT2D eigenvalue weighted by Crippen LogP contribution is -2.17. The molecule has 2 rings (SSSR count). The van der Waals surface area contributed by atoms with Crippen LogP contribution in [0.5, 0.6) is 0 Å². The lowest BCUT2D eigenvalue weighted by atomic mass is 10.1. The van der Waals surface area contributed by atoms with Gasteiger partial charge in [-0.3, -0.25) is 10.1 Å². The third kappa shape index (κ3) is 3.79. The maximum atomic E-state index is 13.6. The highest BCUT2D eigenvalue weighted by Crippen LogP contribution is 2.21. The van der Waals surface area contributed by atoms with E-state index in [1.807, 2.05) is 0 Å². The highest BCUT2D eigenvalue weighted by Gasteiger charge is 2.17. The Morgan fingerprint density at radius 3 is 2.22 bits per heavy atom. The number of methoxy groups -OCH3 is 1. The molecule has 0 heterocycles. The molecule has 0 bridgehead atoms. The number of nitrogens with one attached hydrogen (secondary N) is 2. The van der Waals surface area contributed by atoms with Gasteiger partial charge in [0.15, 0.2) is 0 Å². The molecular weight excluding hydrogens is 313 g/mol. The van der Waals surface area contributed by atoms with Gasteiger partial charge < -0.3 is 10.1 Å². The van der Waals surface area contributed by atoms with Crippen molar-refractivity contribution < 1.29 is 27.5 Å². The second kappa shape index (κ2) is 6.82. The van der Waals surface area contributed by atoms with E-state index in [0.29, 0.717) is 0 Å². The Morgan fingerprint density at radius 1 is 0.957 bits per heavy atom. The smallest absolute Gasteiger partial charge is 0.411 e. The number of hydrogen-bond donors (Lipinski definition) is 2. The third-order valence-electron chi connectivity index (χ3n) is 2.84. The minimum absolute atomic E-state index is 0.0328. The monoisotopic (exact) mass is 324 g/mol. The van der Waals surface area contributed by atoms with E-state index in [0.717, 1.165) is 37.4 Å². The fourth-order valence-electron chi connectivity index (χ4n) is 1.77. The summed E-state index contributed by atoms with van der Waals surface area (Å²) < 4.78 is 44.9. The van der Waals surface area contributed by atoms with Crippen LogP contribution in [0.25, 0.3) is 0 Å². The zero-order valence-electron chi connectivity index (χ0n) is 11.8. The minimum Gasteiger partial charge on any atom is -0.453 e. The van der Waals surface area contributed by atoms with E-state index in [9.17, 15) is 22.8 Å². The van der Waals surface area contributed by atoms with Crippen molar-refractivity contribution in [3.63, 3.8) is 0 Å². The summed E-state index contributed by atoms with van der Waals surface area (Å²) in [7, 11) is 1.10. The average Bonchev–Trinajstić information content (AvgIpc) is 2.50. The number of halogens is 3. The molecule has 23 heavy (non-hydrogen) atoms. The summed E-state index contributed by atoms with van der Waals surface area (Å²) in [5.74, 6) is -3.88. The van der Waals surface area contributed by atoms with Gasteiger partial charge in [-0.1, -0.05) is 6.07 Å². The largest absolute Gasteiger partial charge is 0.453 e. The van der Waals surface area contributed by atoms with Gasteiger partial charge in [-0.15, -0.1) is 0 Å². The molecule has 120 valence electrons. The van der Waals surface area contributed by atoms with Gasteiger partial charge >= 0.3 is 6.09 Å². The topological polar surface area (TPSA) is 67.4 Å². The molecule has 2 aromatic carbocycles. The SMILES string of the molecule is COC(=O)Nc1cc(NC(=O)c2c(F)cccc2F)ccc1F. The number of hydrogen-bond acceptors (Lipinski definition) is 3. The molecule has 0 radical (unpaired) electrons. The Labute approximate surface area is 129 Å². The molecular formula is C15H11F3N2O3. The van der Waals surface area contributed by atoms with E-state index in [2.05, 4.69) is 15.4 Å². The van der Waals surface area contributed by atoms with Gasteiger partial charge in [0.2, 0.25) is 0 Å². The second-order valence-electron chi connectivity index (χ2n) is 4.36. The van der Waals surface area contributed by atoms with Gasteiger partial charge in [-0.05, 0) is 30.3 Å². The lowest BCUT2D eigenvalue weighted by Gasteiger charge is -2.10. The average molecular weight is 324 g/mol. The highest BCUT2D eigenvalue weighted by molar-refractivity contribution is 6.05. The molecule has 0 aliphatic heterocycles. The molecule has 0 atom stereocenters. The molecule has 0 aliphatic rings. The van der Waals surface area contributed by atoms with Crippen molar-refractivity contribution >= 4 is 23.4 Å². The summed E-state index contributed by atoms with van der Waals surface area (Å²) in [5.41, 5.74) is -0.992. The predicted octanol–water partition coefficient (Wildman–Crippen LogP) is 3.53. The first-order valence-corrected chi connectivity index (χ1v) is 6.32. The molecule has 2 amide bonds. The molecule has 0 aromatic heterocycles. The Kier molecular flexibility index (Phi) is 4.85. The maximum absolute atomic E-state index is 13.6. The van der Waals surface area contributed by atoms with E-state index in [1.165, 1.54) is 6.07 Å². The number of rotatable bonds is 3. The summed E-state index contributed by atoms with van der Waals surface area (Å²) in [6.07, 6.45) is -0.910. The summed E-state index contributed by atoms with van der Waals surface area (Å²) >= 11 is 0. The molecule has 0 saturated heterocycles. The first kappa shape index (κ1) is 16.3. The van der Waals surface area contributed by atoms with Crippen LogP contribution in [0.2, 0.25) is 0 Å². The van der Waals surface area contributed by atoms with Gasteiger partial charge in [0.25, 0.3) is 5.91 Å². The summed E-state index contributed by atoms with van der Waals surface area (Å²) in [6.45, 7) is 0.